The lowest BCUT2D eigenvalue weighted by Gasteiger charge is -2.34. The molecule has 1 atom stereocenters. The van der Waals surface area contributed by atoms with Gasteiger partial charge in [0, 0.05) is 25.9 Å². The Kier molecular flexibility index (Phi) is 5.57. The zero-order chi connectivity index (χ0) is 20.6. The molecule has 3 amide bonds. The molecule has 0 unspecified atom stereocenters. The molecular weight excluding hydrogens is 366 g/mol. The van der Waals surface area contributed by atoms with E-state index in [9.17, 15) is 23.6 Å². The standard InChI is InChI=1S/C20H30F2N4O2/c1-14(2)11-20(21,22)12-15(16(27)25-19(13-23)5-6-19)24-17(28)26-9-7-18(3-4-18)8-10-26/h14-15H,3-12H2,1-2H3,(H,24,28)(H,25,27)/t15-/m0/s1. The molecule has 2 aliphatic carbocycles. The highest BCUT2D eigenvalue weighted by molar-refractivity contribution is 5.88. The van der Waals surface area contributed by atoms with Gasteiger partial charge in [-0.25, -0.2) is 13.6 Å². The highest BCUT2D eigenvalue weighted by atomic mass is 19.3. The smallest absolute Gasteiger partial charge is 0.318 e. The average Bonchev–Trinajstić information content (AvgIpc) is 3.52. The van der Waals surface area contributed by atoms with Gasteiger partial charge in [0.2, 0.25) is 5.91 Å². The van der Waals surface area contributed by atoms with E-state index in [1.54, 1.807) is 18.7 Å². The van der Waals surface area contributed by atoms with Gasteiger partial charge in [0.25, 0.3) is 5.92 Å². The quantitative estimate of drug-likeness (QED) is 0.693. The van der Waals surface area contributed by atoms with Crippen LogP contribution in [0.5, 0.6) is 0 Å². The van der Waals surface area contributed by atoms with Crippen LogP contribution in [-0.2, 0) is 4.79 Å². The summed E-state index contributed by atoms with van der Waals surface area (Å²) in [5, 5.41) is 14.3. The zero-order valence-corrected chi connectivity index (χ0v) is 16.7. The number of hydrogen-bond donors (Lipinski definition) is 2. The molecule has 0 aromatic heterocycles. The van der Waals surface area contributed by atoms with Crippen molar-refractivity contribution in [1.82, 2.24) is 15.5 Å². The van der Waals surface area contributed by atoms with E-state index in [-0.39, 0.29) is 12.3 Å². The second-order valence-corrected chi connectivity index (χ2v) is 9.33. The van der Waals surface area contributed by atoms with Gasteiger partial charge in [-0.05, 0) is 49.9 Å². The van der Waals surface area contributed by atoms with Gasteiger partial charge in [-0.3, -0.25) is 4.79 Å². The number of likely N-dealkylation sites (tertiary alicyclic amines) is 1. The van der Waals surface area contributed by atoms with Gasteiger partial charge in [0.15, 0.2) is 0 Å². The van der Waals surface area contributed by atoms with Crippen molar-refractivity contribution >= 4 is 11.9 Å². The Bertz CT molecular complexity index is 656. The lowest BCUT2D eigenvalue weighted by molar-refractivity contribution is -0.127. The van der Waals surface area contributed by atoms with Crippen LogP contribution in [0.3, 0.4) is 0 Å². The number of alkyl halides is 2. The number of nitrogens with one attached hydrogen (secondary N) is 2. The van der Waals surface area contributed by atoms with Crippen LogP contribution in [0.4, 0.5) is 13.6 Å². The SMILES string of the molecule is CC(C)CC(F)(F)C[C@H](NC(=O)N1CCC2(CC1)CC2)C(=O)NC1(C#N)CC1. The predicted octanol–water partition coefficient (Wildman–Crippen LogP) is 3.18. The van der Waals surface area contributed by atoms with Gasteiger partial charge in [-0.2, -0.15) is 5.26 Å². The van der Waals surface area contributed by atoms with E-state index in [4.69, 9.17) is 0 Å². The van der Waals surface area contributed by atoms with Gasteiger partial charge in [0.05, 0.1) is 6.07 Å². The van der Waals surface area contributed by atoms with Crippen molar-refractivity contribution in [2.24, 2.45) is 11.3 Å². The molecule has 1 saturated heterocycles. The van der Waals surface area contributed by atoms with Crippen LogP contribution < -0.4 is 10.6 Å². The maximum absolute atomic E-state index is 14.4. The molecule has 2 N–H and O–H groups in total. The number of nitrogens with zero attached hydrogens (tertiary/aromatic N) is 2. The number of urea groups is 1. The molecule has 1 aliphatic heterocycles. The van der Waals surface area contributed by atoms with Crippen LogP contribution in [0.1, 0.15) is 65.2 Å². The molecule has 1 spiro atoms. The van der Waals surface area contributed by atoms with E-state index in [0.29, 0.717) is 31.3 Å². The molecule has 0 bridgehead atoms. The monoisotopic (exact) mass is 396 g/mol. The Balaban J connectivity index is 1.63. The summed E-state index contributed by atoms with van der Waals surface area (Å²) in [5.74, 6) is -4.01. The van der Waals surface area contributed by atoms with Crippen molar-refractivity contribution in [2.45, 2.75) is 82.7 Å². The molecule has 0 aromatic rings. The minimum Gasteiger partial charge on any atom is -0.336 e. The molecule has 3 aliphatic rings. The molecule has 1 heterocycles. The second-order valence-electron chi connectivity index (χ2n) is 9.33. The maximum Gasteiger partial charge on any atom is 0.318 e. The molecule has 8 heteroatoms. The maximum atomic E-state index is 14.4. The van der Waals surface area contributed by atoms with Crippen LogP contribution in [0.2, 0.25) is 0 Å². The first-order valence-corrected chi connectivity index (χ1v) is 10.2. The van der Waals surface area contributed by atoms with Gasteiger partial charge < -0.3 is 15.5 Å². The Hall–Kier alpha value is -1.91. The molecule has 3 rings (SSSR count). The molecule has 156 valence electrons. The van der Waals surface area contributed by atoms with E-state index < -0.39 is 35.9 Å². The first-order valence-electron chi connectivity index (χ1n) is 10.2. The van der Waals surface area contributed by atoms with Crippen molar-refractivity contribution in [2.75, 3.05) is 13.1 Å². The number of carbonyl (C=O) groups excluding carboxylic acids is 2. The lowest BCUT2D eigenvalue weighted by atomic mass is 9.94. The number of nitriles is 1. The van der Waals surface area contributed by atoms with Gasteiger partial charge in [-0.1, -0.05) is 13.8 Å². The van der Waals surface area contributed by atoms with E-state index >= 15 is 0 Å². The summed E-state index contributed by atoms with van der Waals surface area (Å²) >= 11 is 0. The Labute approximate surface area is 165 Å². The Morgan fingerprint density at radius 2 is 1.71 bits per heavy atom. The predicted molar refractivity (Wildman–Crippen MR) is 99.5 cm³/mol. The highest BCUT2D eigenvalue weighted by Crippen LogP contribution is 2.53. The van der Waals surface area contributed by atoms with Crippen molar-refractivity contribution in [3.63, 3.8) is 0 Å². The number of piperidine rings is 1. The number of amides is 3. The van der Waals surface area contributed by atoms with E-state index in [2.05, 4.69) is 10.6 Å². The lowest BCUT2D eigenvalue weighted by Crippen LogP contribution is -2.56. The third kappa shape index (κ3) is 5.12. The van der Waals surface area contributed by atoms with Crippen LogP contribution in [0.25, 0.3) is 0 Å². The van der Waals surface area contributed by atoms with Crippen molar-refractivity contribution in [3.8, 4) is 6.07 Å². The minimum atomic E-state index is -3.08. The third-order valence-corrected chi connectivity index (χ3v) is 6.22. The molecule has 0 radical (unpaired) electrons. The first kappa shape index (κ1) is 20.8. The topological polar surface area (TPSA) is 85.2 Å². The fourth-order valence-electron chi connectivity index (χ4n) is 4.00. The van der Waals surface area contributed by atoms with E-state index in [1.165, 1.54) is 12.8 Å². The number of rotatable bonds is 7. The van der Waals surface area contributed by atoms with Gasteiger partial charge in [-0.15, -0.1) is 0 Å². The molecular formula is C20H30F2N4O2. The number of halogens is 2. The van der Waals surface area contributed by atoms with Crippen molar-refractivity contribution in [3.05, 3.63) is 0 Å². The summed E-state index contributed by atoms with van der Waals surface area (Å²) in [5.41, 5.74) is -0.570. The van der Waals surface area contributed by atoms with E-state index in [0.717, 1.165) is 12.8 Å². The number of carbonyl (C=O) groups is 2. The summed E-state index contributed by atoms with van der Waals surface area (Å²) in [6.07, 6.45) is 4.15. The first-order chi connectivity index (χ1) is 13.1. The average molecular weight is 396 g/mol. The highest BCUT2D eigenvalue weighted by Gasteiger charge is 2.48. The fourth-order valence-corrected chi connectivity index (χ4v) is 4.00. The summed E-state index contributed by atoms with van der Waals surface area (Å²) < 4.78 is 28.8. The minimum absolute atomic E-state index is 0.236. The fraction of sp³-hybridized carbons (Fsp3) is 0.850. The van der Waals surface area contributed by atoms with Crippen LogP contribution in [0.15, 0.2) is 0 Å². The van der Waals surface area contributed by atoms with Crippen LogP contribution in [-0.4, -0.2) is 47.4 Å². The third-order valence-electron chi connectivity index (χ3n) is 6.22. The molecule has 6 nitrogen and oxygen atoms in total. The van der Waals surface area contributed by atoms with Crippen molar-refractivity contribution in [1.29, 1.82) is 5.26 Å². The molecule has 28 heavy (non-hydrogen) atoms. The zero-order valence-electron chi connectivity index (χ0n) is 16.7. The summed E-state index contributed by atoms with van der Waals surface area (Å²) in [6.45, 7) is 4.56. The van der Waals surface area contributed by atoms with Crippen LogP contribution in [0, 0.1) is 22.7 Å². The van der Waals surface area contributed by atoms with Gasteiger partial charge in [0.1, 0.15) is 11.6 Å². The Morgan fingerprint density at radius 3 is 2.18 bits per heavy atom. The summed E-state index contributed by atoms with van der Waals surface area (Å²) in [7, 11) is 0. The van der Waals surface area contributed by atoms with Crippen molar-refractivity contribution < 1.29 is 18.4 Å². The largest absolute Gasteiger partial charge is 0.336 e. The molecule has 3 fully saturated rings. The summed E-state index contributed by atoms with van der Waals surface area (Å²) in [6, 6.07) is 0.192. The van der Waals surface area contributed by atoms with Gasteiger partial charge >= 0.3 is 6.03 Å². The number of hydrogen-bond acceptors (Lipinski definition) is 3. The van der Waals surface area contributed by atoms with Crippen LogP contribution >= 0.6 is 0 Å². The van der Waals surface area contributed by atoms with E-state index in [1.807, 2.05) is 6.07 Å². The summed E-state index contributed by atoms with van der Waals surface area (Å²) in [4.78, 5) is 26.9. The Morgan fingerprint density at radius 1 is 1.11 bits per heavy atom. The normalized spacial score (nSPS) is 23.1. The second kappa shape index (κ2) is 7.49. The molecule has 2 saturated carbocycles. The molecule has 0 aromatic carbocycles.